The van der Waals surface area contributed by atoms with Crippen LogP contribution in [0.4, 0.5) is 5.69 Å². The van der Waals surface area contributed by atoms with Crippen molar-refractivity contribution in [2.45, 2.75) is 6.92 Å². The van der Waals surface area contributed by atoms with Gasteiger partial charge in [-0.3, -0.25) is 19.7 Å². The van der Waals surface area contributed by atoms with Crippen LogP contribution in [0, 0.1) is 10.1 Å². The van der Waals surface area contributed by atoms with Crippen molar-refractivity contribution in [3.05, 3.63) is 97.8 Å². The number of aromatic nitrogens is 2. The molecule has 0 radical (unpaired) electrons. The van der Waals surface area contributed by atoms with Gasteiger partial charge in [-0.25, -0.2) is 4.98 Å². The number of fused-ring (bicyclic) bond motifs is 2. The van der Waals surface area contributed by atoms with Crippen molar-refractivity contribution >= 4 is 51.3 Å². The van der Waals surface area contributed by atoms with Gasteiger partial charge in [0.25, 0.3) is 5.56 Å². The Bertz CT molecular complexity index is 1740. The van der Waals surface area contributed by atoms with Crippen molar-refractivity contribution in [1.29, 1.82) is 0 Å². The van der Waals surface area contributed by atoms with E-state index in [0.29, 0.717) is 16.5 Å². The summed E-state index contributed by atoms with van der Waals surface area (Å²) in [5.74, 6) is -0.736. The Labute approximate surface area is 207 Å². The lowest BCUT2D eigenvalue weighted by atomic mass is 10.2. The molecule has 0 aliphatic rings. The Morgan fingerprint density at radius 1 is 1.17 bits per heavy atom. The van der Waals surface area contributed by atoms with Crippen LogP contribution in [0.3, 0.4) is 0 Å². The predicted octanol–water partition coefficient (Wildman–Crippen LogP) is 5.18. The summed E-state index contributed by atoms with van der Waals surface area (Å²) in [7, 11) is 0. The summed E-state index contributed by atoms with van der Waals surface area (Å²) in [6, 6.07) is 18.2. The van der Waals surface area contributed by atoms with Crippen LogP contribution in [-0.2, 0) is 4.79 Å². The average molecular weight is 503 g/mol. The van der Waals surface area contributed by atoms with Crippen LogP contribution in [0.25, 0.3) is 33.5 Å². The summed E-state index contributed by atoms with van der Waals surface area (Å²) >= 11 is 6.06. The summed E-state index contributed by atoms with van der Waals surface area (Å²) < 4.78 is 12.0. The van der Waals surface area contributed by atoms with Crippen LogP contribution in [0.5, 0.6) is 5.75 Å². The van der Waals surface area contributed by atoms with Gasteiger partial charge in [-0.2, -0.15) is 9.78 Å². The summed E-state index contributed by atoms with van der Waals surface area (Å²) in [6.07, 6.45) is 1.14. The molecule has 11 heteroatoms. The first-order chi connectivity index (χ1) is 17.3. The molecular weight excluding hydrogens is 488 g/mol. The standard InChI is InChI=1S/C25H15ClN4O6/c1-14(31)35-23-16(10-17(26)12-20(23)30(33)34)13-27-29-24(22-11-15-6-2-5-9-21(15)36-22)28-19-8-4-3-7-18(19)25(29)32/h2-13H,1H3. The number of nitrogens with zero attached hydrogens (tertiary/aromatic N) is 4. The molecule has 5 rings (SSSR count). The molecule has 36 heavy (non-hydrogen) atoms. The molecule has 0 atom stereocenters. The lowest BCUT2D eigenvalue weighted by Gasteiger charge is -2.09. The van der Waals surface area contributed by atoms with Crippen molar-refractivity contribution in [2.24, 2.45) is 5.10 Å². The lowest BCUT2D eigenvalue weighted by molar-refractivity contribution is -0.385. The predicted molar refractivity (Wildman–Crippen MR) is 134 cm³/mol. The number of esters is 1. The number of ether oxygens (including phenoxy) is 1. The van der Waals surface area contributed by atoms with E-state index in [4.69, 9.17) is 20.8 Å². The van der Waals surface area contributed by atoms with E-state index < -0.39 is 22.1 Å². The number of hydrogen-bond donors (Lipinski definition) is 0. The van der Waals surface area contributed by atoms with Crippen LogP contribution in [0.15, 0.2) is 81.0 Å². The second-order valence-electron chi connectivity index (χ2n) is 7.66. The maximum Gasteiger partial charge on any atom is 0.313 e. The molecule has 10 nitrogen and oxygen atoms in total. The minimum Gasteiger partial charge on any atom is -0.453 e. The monoisotopic (exact) mass is 502 g/mol. The van der Waals surface area contributed by atoms with Crippen molar-refractivity contribution < 1.29 is 18.9 Å². The van der Waals surface area contributed by atoms with E-state index in [0.717, 1.165) is 29.3 Å². The number of rotatable bonds is 5. The molecule has 5 aromatic rings. The van der Waals surface area contributed by atoms with E-state index >= 15 is 0 Å². The molecule has 0 amide bonds. The third-order valence-electron chi connectivity index (χ3n) is 5.22. The molecular formula is C25H15ClN4O6. The maximum absolute atomic E-state index is 13.4. The van der Waals surface area contributed by atoms with Crippen molar-refractivity contribution in [3.8, 4) is 17.3 Å². The fraction of sp³-hybridized carbons (Fsp3) is 0.0400. The minimum absolute atomic E-state index is 0.0139. The summed E-state index contributed by atoms with van der Waals surface area (Å²) in [4.78, 5) is 40.4. The van der Waals surface area contributed by atoms with Crippen LogP contribution >= 0.6 is 11.6 Å². The Morgan fingerprint density at radius 3 is 2.67 bits per heavy atom. The molecule has 0 saturated heterocycles. The highest BCUT2D eigenvalue weighted by Gasteiger charge is 2.23. The van der Waals surface area contributed by atoms with Gasteiger partial charge in [0.05, 0.1) is 22.0 Å². The van der Waals surface area contributed by atoms with E-state index in [-0.39, 0.29) is 27.9 Å². The van der Waals surface area contributed by atoms with Gasteiger partial charge in [0, 0.05) is 29.0 Å². The fourth-order valence-corrected chi connectivity index (χ4v) is 3.91. The molecule has 3 aromatic carbocycles. The van der Waals surface area contributed by atoms with E-state index in [1.807, 2.05) is 18.2 Å². The minimum atomic E-state index is -0.775. The number of para-hydroxylation sites is 2. The lowest BCUT2D eigenvalue weighted by Crippen LogP contribution is -2.20. The molecule has 0 aliphatic carbocycles. The highest BCUT2D eigenvalue weighted by molar-refractivity contribution is 6.31. The zero-order chi connectivity index (χ0) is 25.4. The van der Waals surface area contributed by atoms with E-state index in [1.165, 1.54) is 6.07 Å². The molecule has 2 heterocycles. The first kappa shape index (κ1) is 22.9. The van der Waals surface area contributed by atoms with Gasteiger partial charge in [-0.1, -0.05) is 41.9 Å². The topological polar surface area (TPSA) is 130 Å². The fourth-order valence-electron chi connectivity index (χ4n) is 3.69. The quantitative estimate of drug-likeness (QED) is 0.106. The van der Waals surface area contributed by atoms with E-state index in [9.17, 15) is 19.7 Å². The SMILES string of the molecule is CC(=O)Oc1c(C=Nn2c(-c3cc4ccccc4o3)nc3ccccc3c2=O)cc(Cl)cc1[N+](=O)[O-]. The zero-order valence-electron chi connectivity index (χ0n) is 18.5. The highest BCUT2D eigenvalue weighted by Crippen LogP contribution is 2.34. The zero-order valence-corrected chi connectivity index (χ0v) is 19.3. The Balaban J connectivity index is 1.74. The Kier molecular flexibility index (Phi) is 5.79. The second kappa shape index (κ2) is 9.08. The van der Waals surface area contributed by atoms with Gasteiger partial charge < -0.3 is 9.15 Å². The number of benzene rings is 3. The van der Waals surface area contributed by atoms with Gasteiger partial charge in [0.1, 0.15) is 5.58 Å². The number of nitro groups is 1. The van der Waals surface area contributed by atoms with Gasteiger partial charge in [-0.15, -0.1) is 0 Å². The summed E-state index contributed by atoms with van der Waals surface area (Å²) in [5.41, 5.74) is 0.00924. The van der Waals surface area contributed by atoms with Gasteiger partial charge in [-0.05, 0) is 30.3 Å². The normalized spacial score (nSPS) is 11.4. The van der Waals surface area contributed by atoms with Crippen LogP contribution in [0.1, 0.15) is 12.5 Å². The Hall–Kier alpha value is -4.83. The number of carbonyl (C=O) groups is 1. The summed E-state index contributed by atoms with van der Waals surface area (Å²) in [5, 5.41) is 16.9. The van der Waals surface area contributed by atoms with Crippen LogP contribution in [0.2, 0.25) is 5.02 Å². The van der Waals surface area contributed by atoms with E-state index in [2.05, 4.69) is 10.1 Å². The molecule has 0 bridgehead atoms. The number of furan rings is 1. The van der Waals surface area contributed by atoms with Crippen molar-refractivity contribution in [1.82, 2.24) is 9.66 Å². The second-order valence-corrected chi connectivity index (χ2v) is 8.09. The molecule has 2 aromatic heterocycles. The molecule has 0 aliphatic heterocycles. The average Bonchev–Trinajstić information content (AvgIpc) is 3.28. The highest BCUT2D eigenvalue weighted by atomic mass is 35.5. The molecule has 0 fully saturated rings. The molecule has 0 unspecified atom stereocenters. The first-order valence-electron chi connectivity index (χ1n) is 10.5. The molecule has 0 saturated carbocycles. The number of nitro benzene ring substituents is 1. The third kappa shape index (κ3) is 4.21. The first-order valence-corrected chi connectivity index (χ1v) is 10.9. The Morgan fingerprint density at radius 2 is 1.92 bits per heavy atom. The maximum atomic E-state index is 13.4. The summed E-state index contributed by atoms with van der Waals surface area (Å²) in [6.45, 7) is 1.11. The molecule has 0 N–H and O–H groups in total. The smallest absolute Gasteiger partial charge is 0.313 e. The van der Waals surface area contributed by atoms with Crippen molar-refractivity contribution in [2.75, 3.05) is 0 Å². The van der Waals surface area contributed by atoms with Crippen LogP contribution < -0.4 is 10.3 Å². The number of halogens is 1. The van der Waals surface area contributed by atoms with Crippen LogP contribution in [-0.4, -0.2) is 26.8 Å². The number of hydrogen-bond acceptors (Lipinski definition) is 8. The van der Waals surface area contributed by atoms with Gasteiger partial charge >= 0.3 is 11.7 Å². The van der Waals surface area contributed by atoms with Crippen molar-refractivity contribution in [3.63, 3.8) is 0 Å². The number of carbonyl (C=O) groups excluding carboxylic acids is 1. The van der Waals surface area contributed by atoms with Gasteiger partial charge in [0.2, 0.25) is 11.6 Å². The molecule has 178 valence electrons. The largest absolute Gasteiger partial charge is 0.453 e. The molecule has 0 spiro atoms. The van der Waals surface area contributed by atoms with Gasteiger partial charge in [0.15, 0.2) is 5.76 Å². The van der Waals surface area contributed by atoms with E-state index in [1.54, 1.807) is 36.4 Å². The third-order valence-corrected chi connectivity index (χ3v) is 5.44.